The molecule has 0 amide bonds. The number of nitrogens with one attached hydrogen (secondary N) is 1. The van der Waals surface area contributed by atoms with E-state index in [2.05, 4.69) is 54.2 Å². The summed E-state index contributed by atoms with van der Waals surface area (Å²) in [7, 11) is 1.74. The van der Waals surface area contributed by atoms with Crippen molar-refractivity contribution in [2.45, 2.75) is 26.3 Å². The Labute approximate surface area is 119 Å². The maximum atomic E-state index is 5.54. The third-order valence-corrected chi connectivity index (χ3v) is 3.97. The number of hydrogen-bond donors (Lipinski definition) is 1. The summed E-state index contributed by atoms with van der Waals surface area (Å²) < 4.78 is 5.54. The molecule has 0 spiro atoms. The van der Waals surface area contributed by atoms with E-state index in [-0.39, 0.29) is 0 Å². The Morgan fingerprint density at radius 2 is 2.16 bits per heavy atom. The number of benzene rings is 1. The van der Waals surface area contributed by atoms with E-state index in [1.165, 1.54) is 16.7 Å². The minimum absolute atomic E-state index is 0.301. The molecule has 1 N–H and O–H groups in total. The lowest BCUT2D eigenvalue weighted by Crippen LogP contribution is -2.23. The SMILES string of the molecule is CCNC(Cc1ccsc1)c1ccc(C)cc1OC. The number of likely N-dealkylation sites (N-methyl/N-ethyl adjacent to an activating group) is 1. The maximum absolute atomic E-state index is 5.54. The highest BCUT2D eigenvalue weighted by Gasteiger charge is 2.16. The number of hydrogen-bond acceptors (Lipinski definition) is 3. The Morgan fingerprint density at radius 1 is 1.32 bits per heavy atom. The van der Waals surface area contributed by atoms with Gasteiger partial charge in [0.1, 0.15) is 5.75 Å². The zero-order valence-electron chi connectivity index (χ0n) is 11.8. The molecular weight excluding hydrogens is 254 g/mol. The van der Waals surface area contributed by atoms with Crippen LogP contribution in [-0.4, -0.2) is 13.7 Å². The number of rotatable bonds is 6. The fourth-order valence-electron chi connectivity index (χ4n) is 2.29. The van der Waals surface area contributed by atoms with Crippen molar-refractivity contribution in [1.29, 1.82) is 0 Å². The van der Waals surface area contributed by atoms with Gasteiger partial charge in [-0.1, -0.05) is 19.1 Å². The van der Waals surface area contributed by atoms with Crippen LogP contribution in [0, 0.1) is 6.92 Å². The average Bonchev–Trinajstić information content (AvgIpc) is 2.91. The van der Waals surface area contributed by atoms with Gasteiger partial charge in [0.25, 0.3) is 0 Å². The Kier molecular flexibility index (Phi) is 5.00. The van der Waals surface area contributed by atoms with Crippen molar-refractivity contribution in [1.82, 2.24) is 5.32 Å². The Bertz CT molecular complexity index is 507. The van der Waals surface area contributed by atoms with Crippen LogP contribution in [0.4, 0.5) is 0 Å². The molecule has 2 aromatic rings. The summed E-state index contributed by atoms with van der Waals surface area (Å²) in [5.41, 5.74) is 3.84. The summed E-state index contributed by atoms with van der Waals surface area (Å²) in [6.45, 7) is 5.18. The summed E-state index contributed by atoms with van der Waals surface area (Å²) >= 11 is 1.75. The van der Waals surface area contributed by atoms with Crippen LogP contribution in [0.3, 0.4) is 0 Å². The van der Waals surface area contributed by atoms with Gasteiger partial charge < -0.3 is 10.1 Å². The van der Waals surface area contributed by atoms with Crippen molar-refractivity contribution in [2.24, 2.45) is 0 Å². The van der Waals surface area contributed by atoms with Gasteiger partial charge in [-0.05, 0) is 53.9 Å². The Morgan fingerprint density at radius 3 is 2.79 bits per heavy atom. The molecule has 1 aromatic heterocycles. The zero-order valence-corrected chi connectivity index (χ0v) is 12.6. The molecule has 102 valence electrons. The molecule has 0 fully saturated rings. The minimum atomic E-state index is 0.301. The van der Waals surface area contributed by atoms with Gasteiger partial charge in [-0.2, -0.15) is 11.3 Å². The molecule has 2 nitrogen and oxygen atoms in total. The highest BCUT2D eigenvalue weighted by Crippen LogP contribution is 2.29. The van der Waals surface area contributed by atoms with Crippen molar-refractivity contribution in [2.75, 3.05) is 13.7 Å². The minimum Gasteiger partial charge on any atom is -0.496 e. The van der Waals surface area contributed by atoms with Crippen LogP contribution in [0.1, 0.15) is 29.7 Å². The summed E-state index contributed by atoms with van der Waals surface area (Å²) in [4.78, 5) is 0. The van der Waals surface area contributed by atoms with E-state index in [0.29, 0.717) is 6.04 Å². The second-order valence-electron chi connectivity index (χ2n) is 4.69. The number of methoxy groups -OCH3 is 1. The predicted octanol–water partition coefficient (Wildman–Crippen LogP) is 3.96. The molecule has 0 saturated heterocycles. The summed E-state index contributed by atoms with van der Waals surface area (Å²) in [5, 5.41) is 7.90. The first kappa shape index (κ1) is 14.1. The van der Waals surface area contributed by atoms with Crippen LogP contribution in [0.2, 0.25) is 0 Å². The van der Waals surface area contributed by atoms with Gasteiger partial charge in [-0.15, -0.1) is 0 Å². The first-order chi connectivity index (χ1) is 9.24. The van der Waals surface area contributed by atoms with Crippen LogP contribution in [0.15, 0.2) is 35.0 Å². The molecule has 2 rings (SSSR count). The number of ether oxygens (including phenoxy) is 1. The zero-order chi connectivity index (χ0) is 13.7. The first-order valence-electron chi connectivity index (χ1n) is 6.63. The molecule has 19 heavy (non-hydrogen) atoms. The van der Waals surface area contributed by atoms with Crippen LogP contribution in [0.5, 0.6) is 5.75 Å². The molecule has 1 atom stereocenters. The molecule has 3 heteroatoms. The van der Waals surface area contributed by atoms with Gasteiger partial charge in [0.2, 0.25) is 0 Å². The molecular formula is C16H21NOS. The molecule has 0 saturated carbocycles. The first-order valence-corrected chi connectivity index (χ1v) is 7.58. The highest BCUT2D eigenvalue weighted by atomic mass is 32.1. The van der Waals surface area contributed by atoms with E-state index in [1.54, 1.807) is 18.4 Å². The molecule has 1 unspecified atom stereocenters. The molecule has 0 bridgehead atoms. The lowest BCUT2D eigenvalue weighted by atomic mass is 9.98. The highest BCUT2D eigenvalue weighted by molar-refractivity contribution is 7.07. The quantitative estimate of drug-likeness (QED) is 0.861. The predicted molar refractivity (Wildman–Crippen MR) is 82.2 cm³/mol. The van der Waals surface area contributed by atoms with Crippen LogP contribution in [-0.2, 0) is 6.42 Å². The standard InChI is InChI=1S/C16H21NOS/c1-4-17-15(10-13-7-8-19-11-13)14-6-5-12(2)9-16(14)18-3/h5-9,11,15,17H,4,10H2,1-3H3. The topological polar surface area (TPSA) is 21.3 Å². The maximum Gasteiger partial charge on any atom is 0.123 e. The molecule has 0 aliphatic carbocycles. The second-order valence-corrected chi connectivity index (χ2v) is 5.47. The van der Waals surface area contributed by atoms with E-state index >= 15 is 0 Å². The van der Waals surface area contributed by atoms with Crippen molar-refractivity contribution in [3.8, 4) is 5.75 Å². The van der Waals surface area contributed by atoms with Gasteiger partial charge in [-0.3, -0.25) is 0 Å². The van der Waals surface area contributed by atoms with Crippen molar-refractivity contribution in [3.63, 3.8) is 0 Å². The van der Waals surface area contributed by atoms with E-state index in [0.717, 1.165) is 18.7 Å². The molecule has 0 aliphatic heterocycles. The normalized spacial score (nSPS) is 12.4. The van der Waals surface area contributed by atoms with E-state index in [1.807, 2.05) is 0 Å². The van der Waals surface area contributed by atoms with E-state index in [9.17, 15) is 0 Å². The van der Waals surface area contributed by atoms with Gasteiger partial charge >= 0.3 is 0 Å². The van der Waals surface area contributed by atoms with E-state index < -0.39 is 0 Å². The lowest BCUT2D eigenvalue weighted by molar-refractivity contribution is 0.399. The van der Waals surface area contributed by atoms with E-state index in [4.69, 9.17) is 4.74 Å². The lowest BCUT2D eigenvalue weighted by Gasteiger charge is -2.21. The molecule has 1 heterocycles. The fraction of sp³-hybridized carbons (Fsp3) is 0.375. The van der Waals surface area contributed by atoms with Gasteiger partial charge in [-0.25, -0.2) is 0 Å². The largest absolute Gasteiger partial charge is 0.496 e. The Balaban J connectivity index is 2.27. The average molecular weight is 275 g/mol. The number of aryl methyl sites for hydroxylation is 1. The van der Waals surface area contributed by atoms with Crippen LogP contribution in [0.25, 0.3) is 0 Å². The monoisotopic (exact) mass is 275 g/mol. The smallest absolute Gasteiger partial charge is 0.123 e. The van der Waals surface area contributed by atoms with Gasteiger partial charge in [0.05, 0.1) is 7.11 Å². The molecule has 1 aromatic carbocycles. The Hall–Kier alpha value is -1.32. The second kappa shape index (κ2) is 6.73. The fourth-order valence-corrected chi connectivity index (χ4v) is 2.97. The third kappa shape index (κ3) is 3.58. The van der Waals surface area contributed by atoms with Crippen LogP contribution >= 0.6 is 11.3 Å². The summed E-state index contributed by atoms with van der Waals surface area (Å²) in [6.07, 6.45) is 0.997. The number of thiophene rings is 1. The molecule has 0 radical (unpaired) electrons. The van der Waals surface area contributed by atoms with Crippen molar-refractivity contribution in [3.05, 3.63) is 51.7 Å². The van der Waals surface area contributed by atoms with Crippen molar-refractivity contribution >= 4 is 11.3 Å². The summed E-state index contributed by atoms with van der Waals surface area (Å²) in [5.74, 6) is 0.973. The molecule has 0 aliphatic rings. The van der Waals surface area contributed by atoms with Crippen molar-refractivity contribution < 1.29 is 4.74 Å². The summed E-state index contributed by atoms with van der Waals surface area (Å²) in [6, 6.07) is 8.92. The van der Waals surface area contributed by atoms with Gasteiger partial charge in [0.15, 0.2) is 0 Å². The van der Waals surface area contributed by atoms with Gasteiger partial charge in [0, 0.05) is 11.6 Å². The van der Waals surface area contributed by atoms with Crippen LogP contribution < -0.4 is 10.1 Å². The third-order valence-electron chi connectivity index (χ3n) is 3.23.